The van der Waals surface area contributed by atoms with Gasteiger partial charge in [-0.3, -0.25) is 10.2 Å². The number of nitrogens with zero attached hydrogens (tertiary/aromatic N) is 2. The molecule has 4 rings (SSSR count). The summed E-state index contributed by atoms with van der Waals surface area (Å²) in [7, 11) is 0. The minimum Gasteiger partial charge on any atom is -0.455 e. The van der Waals surface area contributed by atoms with E-state index in [1.54, 1.807) is 24.4 Å². The third-order valence-electron chi connectivity index (χ3n) is 4.85. The molecular formula is C22H21FN4O2. The third-order valence-corrected chi connectivity index (χ3v) is 4.85. The van der Waals surface area contributed by atoms with Gasteiger partial charge in [0.1, 0.15) is 17.4 Å². The van der Waals surface area contributed by atoms with E-state index < -0.39 is 0 Å². The third kappa shape index (κ3) is 4.03. The molecule has 148 valence electrons. The number of hydrogen-bond donors (Lipinski definition) is 2. The Labute approximate surface area is 167 Å². The van der Waals surface area contributed by atoms with Crippen LogP contribution in [-0.2, 0) is 6.42 Å². The van der Waals surface area contributed by atoms with E-state index in [-0.39, 0.29) is 17.5 Å². The van der Waals surface area contributed by atoms with Crippen LogP contribution < -0.4 is 10.7 Å². The number of carbonyl (C=O) groups is 1. The lowest BCUT2D eigenvalue weighted by molar-refractivity contribution is 0.0993. The lowest BCUT2D eigenvalue weighted by Crippen LogP contribution is -2.15. The number of halogens is 1. The Hall–Kier alpha value is -3.48. The molecule has 0 radical (unpaired) electrons. The number of aromatic nitrogens is 1. The maximum Gasteiger partial charge on any atom is 0.292 e. The zero-order valence-electron chi connectivity index (χ0n) is 16.3. The van der Waals surface area contributed by atoms with Gasteiger partial charge < -0.3 is 9.73 Å². The highest BCUT2D eigenvalue weighted by Gasteiger charge is 2.28. The average molecular weight is 392 g/mol. The van der Waals surface area contributed by atoms with Crippen LogP contribution in [0.4, 0.5) is 15.9 Å². The lowest BCUT2D eigenvalue weighted by atomic mass is 9.93. The number of benzene rings is 1. The molecule has 29 heavy (non-hydrogen) atoms. The fourth-order valence-electron chi connectivity index (χ4n) is 3.43. The number of furan rings is 1. The predicted octanol–water partition coefficient (Wildman–Crippen LogP) is 4.84. The van der Waals surface area contributed by atoms with Crippen LogP contribution in [-0.4, -0.2) is 16.6 Å². The van der Waals surface area contributed by atoms with Crippen LogP contribution in [0, 0.1) is 19.7 Å². The molecule has 2 heterocycles. The molecule has 2 N–H and O–H groups in total. The first kappa shape index (κ1) is 18.9. The minimum atomic E-state index is -0.333. The highest BCUT2D eigenvalue weighted by molar-refractivity contribution is 6.09. The highest BCUT2D eigenvalue weighted by Crippen LogP contribution is 2.30. The molecule has 3 aromatic rings. The van der Waals surface area contributed by atoms with E-state index in [0.717, 1.165) is 47.4 Å². The number of aryl methyl sites for hydroxylation is 2. The predicted molar refractivity (Wildman–Crippen MR) is 110 cm³/mol. The van der Waals surface area contributed by atoms with Crippen LogP contribution in [0.3, 0.4) is 0 Å². The summed E-state index contributed by atoms with van der Waals surface area (Å²) in [6, 6.07) is 9.66. The molecule has 1 amide bonds. The molecule has 0 atom stereocenters. The summed E-state index contributed by atoms with van der Waals surface area (Å²) in [5.74, 6) is 0.884. The zero-order chi connectivity index (χ0) is 20.4. The van der Waals surface area contributed by atoms with E-state index in [1.165, 1.54) is 12.1 Å². The molecule has 1 aromatic carbocycles. The molecular weight excluding hydrogens is 371 g/mol. The van der Waals surface area contributed by atoms with Gasteiger partial charge in [0.2, 0.25) is 0 Å². The number of nitrogens with one attached hydrogen (secondary N) is 2. The zero-order valence-corrected chi connectivity index (χ0v) is 16.3. The van der Waals surface area contributed by atoms with Gasteiger partial charge in [0, 0.05) is 23.7 Å². The number of amides is 1. The largest absolute Gasteiger partial charge is 0.455 e. The van der Waals surface area contributed by atoms with E-state index in [1.807, 2.05) is 19.9 Å². The topological polar surface area (TPSA) is 79.5 Å². The first-order valence-corrected chi connectivity index (χ1v) is 9.46. The van der Waals surface area contributed by atoms with Crippen molar-refractivity contribution in [3.8, 4) is 0 Å². The van der Waals surface area contributed by atoms with Gasteiger partial charge in [0.25, 0.3) is 5.91 Å². The Morgan fingerprint density at radius 1 is 1.17 bits per heavy atom. The Morgan fingerprint density at radius 3 is 2.72 bits per heavy atom. The summed E-state index contributed by atoms with van der Waals surface area (Å²) in [6.07, 6.45) is 4.05. The number of rotatable bonds is 4. The smallest absolute Gasteiger partial charge is 0.292 e. The van der Waals surface area contributed by atoms with E-state index in [0.29, 0.717) is 11.5 Å². The average Bonchev–Trinajstić information content (AvgIpc) is 3.05. The van der Waals surface area contributed by atoms with Crippen LogP contribution in [0.1, 0.15) is 45.8 Å². The van der Waals surface area contributed by atoms with Gasteiger partial charge in [0.05, 0.1) is 11.4 Å². The standard InChI is InChI=1S/C22H21FN4O2/c1-13-10-11-24-19(12-13)25-22(28)21-14(2)20-17(4-3-5-18(20)29-21)27-26-16-8-6-15(23)7-9-16/h6-12,26H,3-5H2,1-2H3,(H,24,25,28)/b27-17+. The number of pyridine rings is 1. The molecule has 0 saturated carbocycles. The van der Waals surface area contributed by atoms with Crippen molar-refractivity contribution >= 4 is 23.1 Å². The second-order valence-corrected chi connectivity index (χ2v) is 7.06. The number of carbonyl (C=O) groups excluding carboxylic acids is 1. The van der Waals surface area contributed by atoms with Crippen LogP contribution in [0.15, 0.2) is 52.1 Å². The van der Waals surface area contributed by atoms with Gasteiger partial charge in [-0.1, -0.05) is 0 Å². The van der Waals surface area contributed by atoms with Crippen LogP contribution in [0.5, 0.6) is 0 Å². The maximum absolute atomic E-state index is 13.1. The highest BCUT2D eigenvalue weighted by atomic mass is 19.1. The maximum atomic E-state index is 13.1. The fourth-order valence-corrected chi connectivity index (χ4v) is 3.43. The lowest BCUT2D eigenvalue weighted by Gasteiger charge is -2.13. The molecule has 1 aliphatic carbocycles. The van der Waals surface area contributed by atoms with Gasteiger partial charge >= 0.3 is 0 Å². The first-order chi connectivity index (χ1) is 14.0. The van der Waals surface area contributed by atoms with Crippen molar-refractivity contribution in [2.24, 2.45) is 5.10 Å². The normalized spacial score (nSPS) is 14.5. The van der Waals surface area contributed by atoms with Crippen LogP contribution in [0.2, 0.25) is 0 Å². The summed E-state index contributed by atoms with van der Waals surface area (Å²) >= 11 is 0. The first-order valence-electron chi connectivity index (χ1n) is 9.46. The second kappa shape index (κ2) is 7.87. The molecule has 2 aromatic heterocycles. The van der Waals surface area contributed by atoms with Crippen molar-refractivity contribution in [3.63, 3.8) is 0 Å². The number of hydrogen-bond acceptors (Lipinski definition) is 5. The molecule has 0 bridgehead atoms. The monoisotopic (exact) mass is 392 g/mol. The molecule has 0 saturated heterocycles. The minimum absolute atomic E-state index is 0.273. The van der Waals surface area contributed by atoms with Crippen molar-refractivity contribution in [1.29, 1.82) is 0 Å². The Balaban J connectivity index is 1.59. The molecule has 7 heteroatoms. The molecule has 0 fully saturated rings. The van der Waals surface area contributed by atoms with Crippen molar-refractivity contribution in [3.05, 3.63) is 76.6 Å². The summed E-state index contributed by atoms with van der Waals surface area (Å²) in [4.78, 5) is 16.9. The van der Waals surface area contributed by atoms with E-state index in [9.17, 15) is 9.18 Å². The van der Waals surface area contributed by atoms with Crippen molar-refractivity contribution < 1.29 is 13.6 Å². The van der Waals surface area contributed by atoms with Crippen molar-refractivity contribution in [2.45, 2.75) is 33.1 Å². The van der Waals surface area contributed by atoms with Crippen LogP contribution >= 0.6 is 0 Å². The Bertz CT molecular complexity index is 1090. The van der Waals surface area contributed by atoms with E-state index in [2.05, 4.69) is 20.8 Å². The quantitative estimate of drug-likeness (QED) is 0.623. The fraction of sp³-hybridized carbons (Fsp3) is 0.227. The SMILES string of the molecule is Cc1ccnc(NC(=O)c2oc3c(c2C)/C(=N/Nc2ccc(F)cc2)CCC3)c1. The van der Waals surface area contributed by atoms with Crippen LogP contribution in [0.25, 0.3) is 0 Å². The molecule has 1 aliphatic rings. The van der Waals surface area contributed by atoms with Gasteiger partial charge in [-0.05, 0) is 68.7 Å². The van der Waals surface area contributed by atoms with Gasteiger partial charge in [-0.25, -0.2) is 9.37 Å². The summed E-state index contributed by atoms with van der Waals surface area (Å²) in [5, 5.41) is 7.29. The van der Waals surface area contributed by atoms with Gasteiger partial charge in [0.15, 0.2) is 5.76 Å². The summed E-state index contributed by atoms with van der Waals surface area (Å²) in [5.41, 5.74) is 7.11. The second-order valence-electron chi connectivity index (χ2n) is 7.06. The van der Waals surface area contributed by atoms with Crippen molar-refractivity contribution in [1.82, 2.24) is 4.98 Å². The van der Waals surface area contributed by atoms with E-state index in [4.69, 9.17) is 4.42 Å². The number of hydrazone groups is 1. The summed E-state index contributed by atoms with van der Waals surface area (Å²) in [6.45, 7) is 3.80. The Kier molecular flexibility index (Phi) is 5.12. The number of anilines is 2. The molecule has 0 unspecified atom stereocenters. The Morgan fingerprint density at radius 2 is 1.97 bits per heavy atom. The molecule has 0 aliphatic heterocycles. The summed E-state index contributed by atoms with van der Waals surface area (Å²) < 4.78 is 19.0. The van der Waals surface area contributed by atoms with Crippen molar-refractivity contribution in [2.75, 3.05) is 10.7 Å². The molecule has 6 nitrogen and oxygen atoms in total. The number of fused-ring (bicyclic) bond motifs is 1. The molecule has 0 spiro atoms. The van der Waals surface area contributed by atoms with E-state index >= 15 is 0 Å². The van der Waals surface area contributed by atoms with Gasteiger partial charge in [-0.15, -0.1) is 0 Å². The van der Waals surface area contributed by atoms with Gasteiger partial charge in [-0.2, -0.15) is 5.10 Å².